The minimum Gasteiger partial charge on any atom is -0.475 e. The number of carboxylic acids is 1. The van der Waals surface area contributed by atoms with Crippen LogP contribution in [0.25, 0.3) is 0 Å². The predicted molar refractivity (Wildman–Crippen MR) is 107 cm³/mol. The molecule has 0 bridgehead atoms. The largest absolute Gasteiger partial charge is 0.490 e. The van der Waals surface area contributed by atoms with Crippen LogP contribution in [0.2, 0.25) is 0 Å². The van der Waals surface area contributed by atoms with Crippen molar-refractivity contribution in [1.29, 1.82) is 0 Å². The summed E-state index contributed by atoms with van der Waals surface area (Å²) >= 11 is 0. The van der Waals surface area contributed by atoms with Gasteiger partial charge in [-0.15, -0.1) is 5.10 Å². The molecule has 1 aromatic heterocycles. The number of nitrogens with zero attached hydrogens (tertiary/aromatic N) is 4. The average molecular weight is 445 g/mol. The molecule has 2 heterocycles. The van der Waals surface area contributed by atoms with E-state index in [1.165, 1.54) is 18.4 Å². The number of amides is 1. The lowest BCUT2D eigenvalue weighted by molar-refractivity contribution is -0.192. The van der Waals surface area contributed by atoms with Crippen LogP contribution in [-0.2, 0) is 15.1 Å². The van der Waals surface area contributed by atoms with E-state index in [1.807, 2.05) is 29.6 Å². The van der Waals surface area contributed by atoms with Gasteiger partial charge in [0.2, 0.25) is 5.91 Å². The fraction of sp³-hybridized carbons (Fsp3) is 0.700. The Morgan fingerprint density at radius 1 is 1.23 bits per heavy atom. The zero-order valence-electron chi connectivity index (χ0n) is 17.9. The van der Waals surface area contributed by atoms with Crippen molar-refractivity contribution in [2.45, 2.75) is 76.6 Å². The second-order valence-corrected chi connectivity index (χ2v) is 8.51. The van der Waals surface area contributed by atoms with Gasteiger partial charge in [-0.05, 0) is 52.4 Å². The standard InChI is InChI=1S/C18H29N5O.C2HF3O2/c1-18(2,19)16-13-23(21-20-16)15-8-10-22(11-9-15)17(24)12-14-6-4-3-5-7-14;3-2(4,5)1(6)7/h6,13,15H,3-5,7-12,19H2,1-2H3;(H,6,7). The molecule has 31 heavy (non-hydrogen) atoms. The first kappa shape index (κ1) is 24.8. The predicted octanol–water partition coefficient (Wildman–Crippen LogP) is 3.16. The molecule has 0 atom stereocenters. The van der Waals surface area contributed by atoms with Crippen molar-refractivity contribution < 1.29 is 27.9 Å². The van der Waals surface area contributed by atoms with Crippen molar-refractivity contribution >= 4 is 11.9 Å². The summed E-state index contributed by atoms with van der Waals surface area (Å²) < 4.78 is 33.7. The number of carbonyl (C=O) groups is 2. The lowest BCUT2D eigenvalue weighted by Crippen LogP contribution is -2.39. The number of likely N-dealkylation sites (tertiary alicyclic amines) is 1. The molecule has 1 aliphatic heterocycles. The van der Waals surface area contributed by atoms with Crippen LogP contribution in [0.15, 0.2) is 17.8 Å². The number of carbonyl (C=O) groups excluding carboxylic acids is 1. The first-order valence-corrected chi connectivity index (χ1v) is 10.3. The van der Waals surface area contributed by atoms with Crippen molar-refractivity contribution in [3.05, 3.63) is 23.5 Å². The van der Waals surface area contributed by atoms with Gasteiger partial charge in [0.1, 0.15) is 5.69 Å². The lowest BCUT2D eigenvalue weighted by atomic mass is 9.96. The smallest absolute Gasteiger partial charge is 0.475 e. The van der Waals surface area contributed by atoms with Gasteiger partial charge < -0.3 is 15.7 Å². The molecule has 3 N–H and O–H groups in total. The number of piperidine rings is 1. The van der Waals surface area contributed by atoms with Gasteiger partial charge in [0.15, 0.2) is 0 Å². The van der Waals surface area contributed by atoms with E-state index in [-0.39, 0.29) is 5.91 Å². The van der Waals surface area contributed by atoms with Gasteiger partial charge in [-0.1, -0.05) is 16.9 Å². The number of halogens is 3. The Balaban J connectivity index is 0.000000423. The quantitative estimate of drug-likeness (QED) is 0.688. The molecule has 1 aliphatic carbocycles. The molecule has 174 valence electrons. The average Bonchev–Trinajstić information content (AvgIpc) is 3.19. The number of rotatable bonds is 4. The molecule has 1 saturated heterocycles. The Kier molecular flexibility index (Phi) is 8.21. The Bertz CT molecular complexity index is 791. The summed E-state index contributed by atoms with van der Waals surface area (Å²) in [4.78, 5) is 23.4. The molecule has 2 aliphatic rings. The first-order valence-electron chi connectivity index (χ1n) is 10.3. The topological polar surface area (TPSA) is 114 Å². The van der Waals surface area contributed by atoms with Crippen molar-refractivity contribution in [3.8, 4) is 0 Å². The number of aromatic nitrogens is 3. The molecule has 8 nitrogen and oxygen atoms in total. The molecule has 1 fully saturated rings. The normalized spacial score (nSPS) is 18.1. The van der Waals surface area contributed by atoms with Crippen LogP contribution in [-0.4, -0.2) is 56.1 Å². The third kappa shape index (κ3) is 7.64. The Hall–Kier alpha value is -2.43. The molecule has 0 aromatic carbocycles. The summed E-state index contributed by atoms with van der Waals surface area (Å²) in [6.45, 7) is 5.47. The SMILES string of the molecule is CC(C)(N)c1cn(C2CCN(C(=O)CC3=CCCCC3)CC2)nn1.O=C(O)C(F)(F)F. The molecular weight excluding hydrogens is 415 g/mol. The van der Waals surface area contributed by atoms with Crippen LogP contribution in [0.3, 0.4) is 0 Å². The highest BCUT2D eigenvalue weighted by molar-refractivity contribution is 5.78. The van der Waals surface area contributed by atoms with Crippen LogP contribution in [0.4, 0.5) is 13.2 Å². The molecule has 0 unspecified atom stereocenters. The van der Waals surface area contributed by atoms with Gasteiger partial charge in [0.25, 0.3) is 0 Å². The highest BCUT2D eigenvalue weighted by Crippen LogP contribution is 2.26. The van der Waals surface area contributed by atoms with E-state index in [2.05, 4.69) is 16.4 Å². The van der Waals surface area contributed by atoms with E-state index in [0.717, 1.165) is 44.5 Å². The molecule has 1 aromatic rings. The molecule has 3 rings (SSSR count). The highest BCUT2D eigenvalue weighted by atomic mass is 19.4. The lowest BCUT2D eigenvalue weighted by Gasteiger charge is -2.32. The summed E-state index contributed by atoms with van der Waals surface area (Å²) in [5, 5.41) is 15.6. The number of hydrogen-bond donors (Lipinski definition) is 2. The van der Waals surface area contributed by atoms with Crippen LogP contribution >= 0.6 is 0 Å². The summed E-state index contributed by atoms with van der Waals surface area (Å²) in [7, 11) is 0. The van der Waals surface area contributed by atoms with Crippen molar-refractivity contribution in [2.75, 3.05) is 13.1 Å². The second kappa shape index (κ2) is 10.3. The number of hydrogen-bond acceptors (Lipinski definition) is 5. The monoisotopic (exact) mass is 445 g/mol. The van der Waals surface area contributed by atoms with E-state index in [4.69, 9.17) is 15.6 Å². The number of carboxylic acid groups (broad SMARTS) is 1. The van der Waals surface area contributed by atoms with Crippen molar-refractivity contribution in [2.24, 2.45) is 5.73 Å². The third-order valence-electron chi connectivity index (χ3n) is 5.37. The van der Waals surface area contributed by atoms with Crippen molar-refractivity contribution in [1.82, 2.24) is 19.9 Å². The van der Waals surface area contributed by atoms with Gasteiger partial charge in [0, 0.05) is 19.5 Å². The Morgan fingerprint density at radius 2 is 1.84 bits per heavy atom. The third-order valence-corrected chi connectivity index (χ3v) is 5.37. The minimum absolute atomic E-state index is 0.281. The van der Waals surface area contributed by atoms with Gasteiger partial charge in [-0.3, -0.25) is 4.79 Å². The second-order valence-electron chi connectivity index (χ2n) is 8.51. The fourth-order valence-corrected chi connectivity index (χ4v) is 3.50. The summed E-state index contributed by atoms with van der Waals surface area (Å²) in [5.41, 5.74) is 7.75. The van der Waals surface area contributed by atoms with E-state index in [0.29, 0.717) is 12.5 Å². The van der Waals surface area contributed by atoms with Gasteiger partial charge in [0.05, 0.1) is 17.8 Å². The molecule has 11 heteroatoms. The van der Waals surface area contributed by atoms with E-state index in [9.17, 15) is 18.0 Å². The highest BCUT2D eigenvalue weighted by Gasteiger charge is 2.38. The number of nitrogens with two attached hydrogens (primary N) is 1. The van der Waals surface area contributed by atoms with Gasteiger partial charge in [-0.25, -0.2) is 9.48 Å². The molecule has 0 saturated carbocycles. The maximum absolute atomic E-state index is 12.5. The first-order chi connectivity index (χ1) is 14.4. The summed E-state index contributed by atoms with van der Waals surface area (Å²) in [6, 6.07) is 0.312. The Labute approximate surface area is 179 Å². The van der Waals surface area contributed by atoms with Crippen LogP contribution < -0.4 is 5.73 Å². The summed E-state index contributed by atoms with van der Waals surface area (Å²) in [5.74, 6) is -2.48. The van der Waals surface area contributed by atoms with Crippen LogP contribution in [0, 0.1) is 0 Å². The van der Waals surface area contributed by atoms with Gasteiger partial charge in [-0.2, -0.15) is 13.2 Å². The maximum Gasteiger partial charge on any atom is 0.490 e. The van der Waals surface area contributed by atoms with Crippen LogP contribution in [0.1, 0.15) is 70.5 Å². The van der Waals surface area contributed by atoms with E-state index < -0.39 is 17.7 Å². The number of alkyl halides is 3. The zero-order chi connectivity index (χ0) is 23.2. The molecule has 0 spiro atoms. The van der Waals surface area contributed by atoms with E-state index >= 15 is 0 Å². The minimum atomic E-state index is -5.08. The molecular formula is C20H30F3N5O3. The molecule has 1 amide bonds. The zero-order valence-corrected chi connectivity index (χ0v) is 17.9. The van der Waals surface area contributed by atoms with Gasteiger partial charge >= 0.3 is 12.1 Å². The van der Waals surface area contributed by atoms with Crippen molar-refractivity contribution in [3.63, 3.8) is 0 Å². The maximum atomic E-state index is 12.5. The Morgan fingerprint density at radius 3 is 2.29 bits per heavy atom. The number of aliphatic carboxylic acids is 1. The van der Waals surface area contributed by atoms with Crippen LogP contribution in [0.5, 0.6) is 0 Å². The fourth-order valence-electron chi connectivity index (χ4n) is 3.50. The summed E-state index contributed by atoms with van der Waals surface area (Å²) in [6.07, 6.45) is 6.33. The van der Waals surface area contributed by atoms with E-state index in [1.54, 1.807) is 0 Å². The molecule has 0 radical (unpaired) electrons. The number of allylic oxidation sites excluding steroid dienone is 1.